The smallest absolute Gasteiger partial charge is 0.279 e. The predicted octanol–water partition coefficient (Wildman–Crippen LogP) is 1.26. The molecular formula is C12H19N3O2S. The van der Waals surface area contributed by atoms with Gasteiger partial charge in [0.2, 0.25) is 0 Å². The molecule has 6 heteroatoms. The Morgan fingerprint density at radius 2 is 1.89 bits per heavy atom. The van der Waals surface area contributed by atoms with Gasteiger partial charge in [0.05, 0.1) is 0 Å². The Morgan fingerprint density at radius 3 is 2.50 bits per heavy atom. The number of nitrogens with one attached hydrogen (secondary N) is 1. The Balaban J connectivity index is 2.11. The van der Waals surface area contributed by atoms with Crippen LogP contribution in [0.3, 0.4) is 0 Å². The number of hydrogen-bond donors (Lipinski definition) is 2. The van der Waals surface area contributed by atoms with E-state index in [1.807, 2.05) is 18.2 Å². The molecule has 1 aromatic rings. The lowest BCUT2D eigenvalue weighted by molar-refractivity contribution is 0.457. The largest absolute Gasteiger partial charge is 0.398 e. The molecule has 1 heterocycles. The highest BCUT2D eigenvalue weighted by Gasteiger charge is 2.27. The molecule has 1 aromatic carbocycles. The molecule has 18 heavy (non-hydrogen) atoms. The van der Waals surface area contributed by atoms with Crippen LogP contribution in [-0.4, -0.2) is 25.8 Å². The van der Waals surface area contributed by atoms with Crippen molar-refractivity contribution >= 4 is 15.9 Å². The number of nitrogen functional groups attached to an aromatic ring is 1. The molecule has 0 amide bonds. The lowest BCUT2D eigenvalue weighted by Crippen LogP contribution is -2.40. The minimum atomic E-state index is -3.40. The average Bonchev–Trinajstić information content (AvgIpc) is 2.82. The van der Waals surface area contributed by atoms with Gasteiger partial charge in [-0.05, 0) is 31.4 Å². The number of nitrogens with two attached hydrogens (primary N) is 1. The summed E-state index contributed by atoms with van der Waals surface area (Å²) in [7, 11) is -3.40. The van der Waals surface area contributed by atoms with Crippen molar-refractivity contribution in [1.29, 1.82) is 0 Å². The van der Waals surface area contributed by atoms with E-state index in [0.29, 0.717) is 18.8 Å². The molecule has 1 aliphatic heterocycles. The van der Waals surface area contributed by atoms with E-state index in [1.54, 1.807) is 13.0 Å². The molecule has 1 fully saturated rings. The first-order chi connectivity index (χ1) is 8.50. The van der Waals surface area contributed by atoms with Crippen LogP contribution < -0.4 is 10.5 Å². The van der Waals surface area contributed by atoms with Crippen molar-refractivity contribution in [2.75, 3.05) is 18.8 Å². The summed E-state index contributed by atoms with van der Waals surface area (Å²) in [5.74, 6) is 0. The third-order valence-electron chi connectivity index (χ3n) is 3.19. The number of para-hydroxylation sites is 1. The van der Waals surface area contributed by atoms with Crippen molar-refractivity contribution in [1.82, 2.24) is 9.03 Å². The zero-order valence-electron chi connectivity index (χ0n) is 10.5. The summed E-state index contributed by atoms with van der Waals surface area (Å²) < 4.78 is 28.4. The third-order valence-corrected chi connectivity index (χ3v) is 4.89. The number of hydrogen-bond acceptors (Lipinski definition) is 3. The highest BCUT2D eigenvalue weighted by Crippen LogP contribution is 2.21. The second-order valence-corrected chi connectivity index (χ2v) is 6.28. The number of rotatable bonds is 4. The molecule has 1 aliphatic rings. The van der Waals surface area contributed by atoms with Crippen LogP contribution in [0.5, 0.6) is 0 Å². The molecule has 0 aliphatic carbocycles. The van der Waals surface area contributed by atoms with Gasteiger partial charge in [0.1, 0.15) is 0 Å². The summed E-state index contributed by atoms with van der Waals surface area (Å²) >= 11 is 0. The highest BCUT2D eigenvalue weighted by molar-refractivity contribution is 7.87. The lowest BCUT2D eigenvalue weighted by atomic mass is 10.1. The van der Waals surface area contributed by atoms with Gasteiger partial charge < -0.3 is 5.73 Å². The van der Waals surface area contributed by atoms with Crippen molar-refractivity contribution < 1.29 is 8.42 Å². The summed E-state index contributed by atoms with van der Waals surface area (Å²) in [6.45, 7) is 3.01. The van der Waals surface area contributed by atoms with E-state index in [-0.39, 0.29) is 6.04 Å². The summed E-state index contributed by atoms with van der Waals surface area (Å²) in [5.41, 5.74) is 7.26. The molecule has 5 nitrogen and oxygen atoms in total. The molecule has 1 unspecified atom stereocenters. The normalized spacial score (nSPS) is 18.9. The molecule has 0 radical (unpaired) electrons. The standard InChI is InChI=1S/C12H19N3O2S/c1-10(11-6-2-3-7-12(11)13)14-18(16,17)15-8-4-5-9-15/h2-3,6-7,10,14H,4-5,8-9,13H2,1H3. The monoisotopic (exact) mass is 269 g/mol. The Bertz CT molecular complexity index is 510. The predicted molar refractivity (Wildman–Crippen MR) is 72.1 cm³/mol. The van der Waals surface area contributed by atoms with Crippen LogP contribution in [0, 0.1) is 0 Å². The van der Waals surface area contributed by atoms with Gasteiger partial charge in [0.15, 0.2) is 0 Å². The van der Waals surface area contributed by atoms with Gasteiger partial charge >= 0.3 is 0 Å². The Morgan fingerprint density at radius 1 is 1.28 bits per heavy atom. The Labute approximate surface area is 108 Å². The van der Waals surface area contributed by atoms with Gasteiger partial charge in [0.25, 0.3) is 10.2 Å². The number of anilines is 1. The van der Waals surface area contributed by atoms with Gasteiger partial charge in [-0.15, -0.1) is 0 Å². The van der Waals surface area contributed by atoms with Crippen LogP contribution in [-0.2, 0) is 10.2 Å². The Hall–Kier alpha value is -1.11. The fourth-order valence-electron chi connectivity index (χ4n) is 2.20. The molecule has 0 spiro atoms. The quantitative estimate of drug-likeness (QED) is 0.808. The molecule has 0 bridgehead atoms. The lowest BCUT2D eigenvalue weighted by Gasteiger charge is -2.21. The molecule has 1 atom stereocenters. The average molecular weight is 269 g/mol. The maximum Gasteiger partial charge on any atom is 0.279 e. The van der Waals surface area contributed by atoms with E-state index in [4.69, 9.17) is 5.73 Å². The van der Waals surface area contributed by atoms with Crippen LogP contribution in [0.2, 0.25) is 0 Å². The summed E-state index contributed by atoms with van der Waals surface area (Å²) in [5, 5.41) is 0. The molecular weight excluding hydrogens is 250 g/mol. The first kappa shape index (κ1) is 13.3. The zero-order valence-corrected chi connectivity index (χ0v) is 11.3. The zero-order chi connectivity index (χ0) is 13.2. The summed E-state index contributed by atoms with van der Waals surface area (Å²) in [6.07, 6.45) is 1.87. The SMILES string of the molecule is CC(NS(=O)(=O)N1CCCC1)c1ccccc1N. The molecule has 100 valence electrons. The molecule has 0 aromatic heterocycles. The highest BCUT2D eigenvalue weighted by atomic mass is 32.2. The van der Waals surface area contributed by atoms with Crippen LogP contribution in [0.4, 0.5) is 5.69 Å². The first-order valence-electron chi connectivity index (χ1n) is 6.12. The minimum Gasteiger partial charge on any atom is -0.398 e. The van der Waals surface area contributed by atoms with Crippen molar-refractivity contribution in [2.24, 2.45) is 0 Å². The molecule has 3 N–H and O–H groups in total. The van der Waals surface area contributed by atoms with Crippen LogP contribution in [0.15, 0.2) is 24.3 Å². The van der Waals surface area contributed by atoms with Gasteiger partial charge in [-0.25, -0.2) is 0 Å². The van der Waals surface area contributed by atoms with Crippen LogP contribution in [0.1, 0.15) is 31.4 Å². The first-order valence-corrected chi connectivity index (χ1v) is 7.56. The van der Waals surface area contributed by atoms with Gasteiger partial charge in [-0.2, -0.15) is 17.4 Å². The van der Waals surface area contributed by atoms with Gasteiger partial charge in [-0.1, -0.05) is 18.2 Å². The van der Waals surface area contributed by atoms with E-state index < -0.39 is 10.2 Å². The van der Waals surface area contributed by atoms with E-state index in [1.165, 1.54) is 4.31 Å². The summed E-state index contributed by atoms with van der Waals surface area (Å²) in [4.78, 5) is 0. The van der Waals surface area contributed by atoms with E-state index in [2.05, 4.69) is 4.72 Å². The van der Waals surface area contributed by atoms with Crippen LogP contribution >= 0.6 is 0 Å². The van der Waals surface area contributed by atoms with Crippen molar-refractivity contribution in [3.8, 4) is 0 Å². The second kappa shape index (κ2) is 5.26. The van der Waals surface area contributed by atoms with Gasteiger partial charge in [-0.3, -0.25) is 0 Å². The van der Waals surface area contributed by atoms with Crippen molar-refractivity contribution in [3.05, 3.63) is 29.8 Å². The fourth-order valence-corrected chi connectivity index (χ4v) is 3.66. The minimum absolute atomic E-state index is 0.322. The van der Waals surface area contributed by atoms with Gasteiger partial charge in [0, 0.05) is 24.8 Å². The van der Waals surface area contributed by atoms with E-state index in [9.17, 15) is 8.42 Å². The number of benzene rings is 1. The Kier molecular flexibility index (Phi) is 3.89. The van der Waals surface area contributed by atoms with Crippen molar-refractivity contribution in [3.63, 3.8) is 0 Å². The molecule has 1 saturated heterocycles. The maximum absolute atomic E-state index is 12.1. The molecule has 0 saturated carbocycles. The topological polar surface area (TPSA) is 75.4 Å². The summed E-state index contributed by atoms with van der Waals surface area (Å²) in [6, 6.07) is 6.98. The second-order valence-electron chi connectivity index (χ2n) is 4.58. The third kappa shape index (κ3) is 2.82. The van der Waals surface area contributed by atoms with E-state index >= 15 is 0 Å². The number of nitrogens with zero attached hydrogens (tertiary/aromatic N) is 1. The van der Waals surface area contributed by atoms with E-state index in [0.717, 1.165) is 18.4 Å². The molecule has 2 rings (SSSR count). The van der Waals surface area contributed by atoms with Crippen LogP contribution in [0.25, 0.3) is 0 Å². The van der Waals surface area contributed by atoms with Crippen molar-refractivity contribution in [2.45, 2.75) is 25.8 Å². The maximum atomic E-state index is 12.1. The fraction of sp³-hybridized carbons (Fsp3) is 0.500.